The zero-order valence-corrected chi connectivity index (χ0v) is 18.6. The maximum absolute atomic E-state index is 13.0. The van der Waals surface area contributed by atoms with Crippen LogP contribution in [0.5, 0.6) is 5.75 Å². The normalized spacial score (nSPS) is 17.5. The highest BCUT2D eigenvalue weighted by atomic mass is 16.5. The van der Waals surface area contributed by atoms with Crippen LogP contribution in [-0.2, 0) is 16.1 Å². The van der Waals surface area contributed by atoms with Crippen molar-refractivity contribution < 1.29 is 23.8 Å². The molecule has 1 atom stereocenters. The first-order valence-electron chi connectivity index (χ1n) is 11.2. The van der Waals surface area contributed by atoms with Crippen LogP contribution in [0.15, 0.2) is 83.0 Å². The fourth-order valence-electron chi connectivity index (χ4n) is 4.00. The molecule has 1 N–H and O–H groups in total. The van der Waals surface area contributed by atoms with Gasteiger partial charge >= 0.3 is 0 Å². The average molecular weight is 446 g/mol. The van der Waals surface area contributed by atoms with Crippen molar-refractivity contribution in [3.8, 4) is 5.75 Å². The van der Waals surface area contributed by atoms with Crippen LogP contribution in [0, 0.1) is 0 Å². The summed E-state index contributed by atoms with van der Waals surface area (Å²) < 4.78 is 11.2. The van der Waals surface area contributed by atoms with Crippen LogP contribution in [0.25, 0.3) is 5.76 Å². The molecule has 0 bridgehead atoms. The number of ether oxygens (including phenoxy) is 1. The Balaban J connectivity index is 1.70. The van der Waals surface area contributed by atoms with Gasteiger partial charge in [0.25, 0.3) is 11.7 Å². The Morgan fingerprint density at radius 3 is 2.42 bits per heavy atom. The molecule has 0 spiro atoms. The molecule has 3 aromatic rings. The summed E-state index contributed by atoms with van der Waals surface area (Å²) in [6, 6.07) is 18.8. The number of Topliss-reactive ketones (excluding diaryl/α,β-unsaturated/α-hetero) is 1. The second-order valence-corrected chi connectivity index (χ2v) is 8.00. The maximum Gasteiger partial charge on any atom is 0.296 e. The lowest BCUT2D eigenvalue weighted by Crippen LogP contribution is -2.29. The highest BCUT2D eigenvalue weighted by molar-refractivity contribution is 6.46. The third kappa shape index (κ3) is 4.85. The molecule has 0 aliphatic carbocycles. The first kappa shape index (κ1) is 22.4. The number of nitrogens with zero attached hydrogens (tertiary/aromatic N) is 1. The standard InChI is InChI=1S/C27H27NO5/c1-2-3-7-16-32-21-14-12-19(13-15-21)24-23(25(29)20-9-5-4-6-10-20)26(30)27(31)28(24)18-22-11-8-17-33-22/h4-6,8-15,17,24,29H,2-3,7,16,18H2,1H3. The van der Waals surface area contributed by atoms with E-state index in [4.69, 9.17) is 9.15 Å². The Hall–Kier alpha value is -3.80. The van der Waals surface area contributed by atoms with Crippen molar-refractivity contribution in [3.63, 3.8) is 0 Å². The number of carbonyl (C=O) groups excluding carboxylic acids is 2. The van der Waals surface area contributed by atoms with Gasteiger partial charge in [-0.1, -0.05) is 62.2 Å². The number of likely N-dealkylation sites (tertiary alicyclic amines) is 1. The van der Waals surface area contributed by atoms with E-state index < -0.39 is 17.7 Å². The minimum atomic E-state index is -0.746. The third-order valence-electron chi connectivity index (χ3n) is 5.71. The van der Waals surface area contributed by atoms with Crippen LogP contribution in [0.3, 0.4) is 0 Å². The van der Waals surface area contributed by atoms with Gasteiger partial charge in [0, 0.05) is 5.56 Å². The van der Waals surface area contributed by atoms with Gasteiger partial charge in [0.05, 0.1) is 31.0 Å². The molecule has 4 rings (SSSR count). The zero-order chi connectivity index (χ0) is 23.2. The van der Waals surface area contributed by atoms with Gasteiger partial charge in [-0.15, -0.1) is 0 Å². The second kappa shape index (κ2) is 10.2. The molecule has 1 saturated heterocycles. The molecule has 6 nitrogen and oxygen atoms in total. The van der Waals surface area contributed by atoms with Gasteiger partial charge in [0.15, 0.2) is 0 Å². The van der Waals surface area contributed by atoms with Crippen LogP contribution in [-0.4, -0.2) is 28.3 Å². The maximum atomic E-state index is 13.0. The summed E-state index contributed by atoms with van der Waals surface area (Å²) in [6.07, 6.45) is 4.74. The molecule has 1 aliphatic heterocycles. The number of hydrogen-bond donors (Lipinski definition) is 1. The molecule has 2 aromatic carbocycles. The minimum Gasteiger partial charge on any atom is -0.507 e. The average Bonchev–Trinajstić information content (AvgIpc) is 3.45. The van der Waals surface area contributed by atoms with Crippen LogP contribution in [0.4, 0.5) is 0 Å². The molecule has 1 aromatic heterocycles. The smallest absolute Gasteiger partial charge is 0.296 e. The summed E-state index contributed by atoms with van der Waals surface area (Å²) in [4.78, 5) is 27.5. The zero-order valence-electron chi connectivity index (χ0n) is 18.6. The molecule has 0 saturated carbocycles. The number of benzene rings is 2. The first-order chi connectivity index (χ1) is 16.1. The van der Waals surface area contributed by atoms with Crippen LogP contribution < -0.4 is 4.74 Å². The molecular weight excluding hydrogens is 418 g/mol. The monoisotopic (exact) mass is 445 g/mol. The number of unbranched alkanes of at least 4 members (excludes halogenated alkanes) is 2. The highest BCUT2D eigenvalue weighted by Gasteiger charge is 2.46. The van der Waals surface area contributed by atoms with Crippen molar-refractivity contribution in [3.05, 3.63) is 95.5 Å². The number of aliphatic hydroxyl groups excluding tert-OH is 1. The molecule has 1 amide bonds. The van der Waals surface area contributed by atoms with Crippen LogP contribution in [0.2, 0.25) is 0 Å². The van der Waals surface area contributed by atoms with Gasteiger partial charge in [0.1, 0.15) is 17.3 Å². The highest BCUT2D eigenvalue weighted by Crippen LogP contribution is 2.40. The Morgan fingerprint density at radius 2 is 1.76 bits per heavy atom. The number of ketones is 1. The fourth-order valence-corrected chi connectivity index (χ4v) is 4.00. The van der Waals surface area contributed by atoms with E-state index in [0.29, 0.717) is 23.5 Å². The lowest BCUT2D eigenvalue weighted by Gasteiger charge is -2.24. The summed E-state index contributed by atoms with van der Waals surface area (Å²) in [5.41, 5.74) is 1.25. The molecule has 1 fully saturated rings. The Bertz CT molecular complexity index is 1120. The van der Waals surface area contributed by atoms with Gasteiger partial charge in [0.2, 0.25) is 0 Å². The molecular formula is C27H27NO5. The minimum absolute atomic E-state index is 0.0642. The number of carbonyl (C=O) groups is 2. The SMILES string of the molecule is CCCCCOc1ccc(C2C(=C(O)c3ccccc3)C(=O)C(=O)N2Cc2ccco2)cc1. The van der Waals surface area contributed by atoms with Gasteiger partial charge in [-0.2, -0.15) is 0 Å². The lowest BCUT2D eigenvalue weighted by molar-refractivity contribution is -0.140. The number of aliphatic hydroxyl groups is 1. The van der Waals surface area contributed by atoms with Crippen molar-refractivity contribution in [2.24, 2.45) is 0 Å². The van der Waals surface area contributed by atoms with Gasteiger partial charge in [-0.25, -0.2) is 0 Å². The van der Waals surface area contributed by atoms with Crippen LogP contribution >= 0.6 is 0 Å². The molecule has 2 heterocycles. The van der Waals surface area contributed by atoms with Crippen molar-refractivity contribution in [1.29, 1.82) is 0 Å². The Labute approximate surface area is 193 Å². The quantitative estimate of drug-likeness (QED) is 0.204. The summed E-state index contributed by atoms with van der Waals surface area (Å²) in [5.74, 6) is -0.305. The van der Waals surface area contributed by atoms with E-state index in [1.54, 1.807) is 36.4 Å². The molecule has 170 valence electrons. The number of hydrogen-bond acceptors (Lipinski definition) is 5. The molecule has 0 radical (unpaired) electrons. The van der Waals surface area contributed by atoms with Crippen molar-refractivity contribution in [1.82, 2.24) is 4.90 Å². The van der Waals surface area contributed by atoms with Crippen molar-refractivity contribution >= 4 is 17.4 Å². The summed E-state index contributed by atoms with van der Waals surface area (Å²) in [7, 11) is 0. The largest absolute Gasteiger partial charge is 0.507 e. The summed E-state index contributed by atoms with van der Waals surface area (Å²) >= 11 is 0. The Morgan fingerprint density at radius 1 is 1.00 bits per heavy atom. The van der Waals surface area contributed by atoms with Crippen LogP contribution in [0.1, 0.15) is 49.1 Å². The van der Waals surface area contributed by atoms with E-state index in [1.807, 2.05) is 30.3 Å². The summed E-state index contributed by atoms with van der Waals surface area (Å²) in [6.45, 7) is 2.89. The molecule has 1 unspecified atom stereocenters. The Kier molecular flexibility index (Phi) is 6.93. The number of amides is 1. The van der Waals surface area contributed by atoms with Crippen molar-refractivity contribution in [2.45, 2.75) is 38.8 Å². The van der Waals surface area contributed by atoms with E-state index >= 15 is 0 Å². The second-order valence-electron chi connectivity index (χ2n) is 8.00. The topological polar surface area (TPSA) is 80.0 Å². The van der Waals surface area contributed by atoms with Gasteiger partial charge in [-0.05, 0) is 36.2 Å². The molecule has 1 aliphatic rings. The van der Waals surface area contributed by atoms with E-state index in [9.17, 15) is 14.7 Å². The van der Waals surface area contributed by atoms with E-state index in [-0.39, 0.29) is 17.9 Å². The fraction of sp³-hybridized carbons (Fsp3) is 0.259. The van der Waals surface area contributed by atoms with E-state index in [0.717, 1.165) is 25.0 Å². The molecule has 6 heteroatoms. The van der Waals surface area contributed by atoms with Gasteiger partial charge in [-0.3, -0.25) is 9.59 Å². The summed E-state index contributed by atoms with van der Waals surface area (Å²) in [5, 5.41) is 11.0. The predicted molar refractivity (Wildman–Crippen MR) is 124 cm³/mol. The number of furan rings is 1. The predicted octanol–water partition coefficient (Wildman–Crippen LogP) is 5.47. The third-order valence-corrected chi connectivity index (χ3v) is 5.71. The lowest BCUT2D eigenvalue weighted by atomic mass is 9.95. The number of rotatable bonds is 9. The van der Waals surface area contributed by atoms with E-state index in [2.05, 4.69) is 6.92 Å². The first-order valence-corrected chi connectivity index (χ1v) is 11.2. The van der Waals surface area contributed by atoms with Gasteiger partial charge < -0.3 is 19.2 Å². The molecule has 33 heavy (non-hydrogen) atoms. The van der Waals surface area contributed by atoms with Crippen molar-refractivity contribution in [2.75, 3.05) is 6.61 Å². The van der Waals surface area contributed by atoms with E-state index in [1.165, 1.54) is 11.2 Å².